The Morgan fingerprint density at radius 3 is 2.64 bits per heavy atom. The highest BCUT2D eigenvalue weighted by molar-refractivity contribution is 5.04. The third kappa shape index (κ3) is 2.09. The van der Waals surface area contributed by atoms with Gasteiger partial charge in [0.2, 0.25) is 0 Å². The molecule has 1 heterocycles. The van der Waals surface area contributed by atoms with Crippen molar-refractivity contribution in [3.05, 3.63) is 0 Å². The largest absolute Gasteiger partial charge is 0.305 e. The molecule has 0 unspecified atom stereocenters. The van der Waals surface area contributed by atoms with Crippen LogP contribution in [0.3, 0.4) is 0 Å². The molecule has 1 N–H and O–H groups in total. The summed E-state index contributed by atoms with van der Waals surface area (Å²) in [4.78, 5) is 2.46. The minimum Gasteiger partial charge on any atom is -0.305 e. The van der Waals surface area contributed by atoms with Gasteiger partial charge < -0.3 is 5.32 Å². The van der Waals surface area contributed by atoms with Crippen molar-refractivity contribution in [3.8, 4) is 0 Å². The van der Waals surface area contributed by atoms with E-state index in [1.54, 1.807) is 0 Å². The van der Waals surface area contributed by atoms with Crippen molar-refractivity contribution < 1.29 is 4.39 Å². The molecule has 2 fully saturated rings. The van der Waals surface area contributed by atoms with Gasteiger partial charge in [-0.1, -0.05) is 0 Å². The predicted molar refractivity (Wildman–Crippen MR) is 56.2 cm³/mol. The number of rotatable bonds is 4. The van der Waals surface area contributed by atoms with Crippen LogP contribution in [0.4, 0.5) is 4.39 Å². The van der Waals surface area contributed by atoms with Gasteiger partial charge in [-0.15, -0.1) is 0 Å². The second-order valence-electron chi connectivity index (χ2n) is 5.13. The van der Waals surface area contributed by atoms with Gasteiger partial charge in [-0.2, -0.15) is 0 Å². The lowest BCUT2D eigenvalue weighted by molar-refractivity contribution is 0.258. The lowest BCUT2D eigenvalue weighted by atomic mass is 10.2. The van der Waals surface area contributed by atoms with E-state index in [0.29, 0.717) is 12.1 Å². The molecule has 0 bridgehead atoms. The molecule has 1 aliphatic heterocycles. The van der Waals surface area contributed by atoms with Crippen molar-refractivity contribution in [3.63, 3.8) is 0 Å². The number of hydrogen-bond donors (Lipinski definition) is 1. The van der Waals surface area contributed by atoms with Crippen LogP contribution in [-0.2, 0) is 0 Å². The number of halogens is 1. The monoisotopic (exact) mass is 200 g/mol. The number of nitrogens with zero attached hydrogens (tertiary/aromatic N) is 1. The molecule has 1 atom stereocenters. The molecule has 2 nitrogen and oxygen atoms in total. The third-order valence-corrected chi connectivity index (χ3v) is 3.57. The second-order valence-corrected chi connectivity index (χ2v) is 5.13. The van der Waals surface area contributed by atoms with Gasteiger partial charge in [0.05, 0.1) is 0 Å². The fourth-order valence-electron chi connectivity index (χ4n) is 2.27. The Morgan fingerprint density at radius 2 is 2.21 bits per heavy atom. The fourth-order valence-corrected chi connectivity index (χ4v) is 2.27. The molecule has 2 rings (SSSR count). The first-order valence-corrected chi connectivity index (χ1v) is 5.73. The van der Waals surface area contributed by atoms with E-state index in [1.807, 2.05) is 0 Å². The first-order chi connectivity index (χ1) is 6.65. The number of likely N-dealkylation sites (tertiary alicyclic amines) is 1. The van der Waals surface area contributed by atoms with Crippen LogP contribution >= 0.6 is 0 Å². The quantitative estimate of drug-likeness (QED) is 0.741. The van der Waals surface area contributed by atoms with Crippen LogP contribution in [0.15, 0.2) is 0 Å². The van der Waals surface area contributed by atoms with E-state index in [-0.39, 0.29) is 12.2 Å². The Bertz CT molecular complexity index is 201. The molecule has 14 heavy (non-hydrogen) atoms. The Hall–Kier alpha value is -0.150. The van der Waals surface area contributed by atoms with Crippen LogP contribution in [0.5, 0.6) is 0 Å². The van der Waals surface area contributed by atoms with E-state index in [4.69, 9.17) is 0 Å². The molecule has 1 aliphatic carbocycles. The Balaban J connectivity index is 1.79. The smallest absolute Gasteiger partial charge is 0.108 e. The maximum atomic E-state index is 12.7. The van der Waals surface area contributed by atoms with Gasteiger partial charge in [-0.25, -0.2) is 4.39 Å². The highest BCUT2D eigenvalue weighted by Gasteiger charge is 2.45. The first kappa shape index (κ1) is 10.4. The summed E-state index contributed by atoms with van der Waals surface area (Å²) in [6.07, 6.45) is 3.24. The number of alkyl halides is 1. The summed E-state index contributed by atoms with van der Waals surface area (Å²) in [5.41, 5.74) is -0.113. The van der Waals surface area contributed by atoms with Crippen LogP contribution in [0, 0.1) is 0 Å². The lowest BCUT2D eigenvalue weighted by Gasteiger charge is -2.22. The summed E-state index contributed by atoms with van der Waals surface area (Å²) in [6, 6.07) is 1.15. The van der Waals surface area contributed by atoms with Crippen LogP contribution in [0.25, 0.3) is 0 Å². The molecule has 0 aromatic heterocycles. The van der Waals surface area contributed by atoms with E-state index >= 15 is 0 Å². The number of nitrogens with one attached hydrogen (secondary N) is 1. The second kappa shape index (κ2) is 3.78. The van der Waals surface area contributed by atoms with Gasteiger partial charge in [0.25, 0.3) is 0 Å². The van der Waals surface area contributed by atoms with E-state index in [9.17, 15) is 4.39 Å². The zero-order valence-electron chi connectivity index (χ0n) is 9.22. The fraction of sp³-hybridized carbons (Fsp3) is 1.00. The summed E-state index contributed by atoms with van der Waals surface area (Å²) >= 11 is 0. The maximum Gasteiger partial charge on any atom is 0.108 e. The Kier molecular flexibility index (Phi) is 2.80. The molecule has 1 saturated carbocycles. The summed E-state index contributed by atoms with van der Waals surface area (Å²) < 4.78 is 12.7. The van der Waals surface area contributed by atoms with Gasteiger partial charge in [-0.05, 0) is 39.7 Å². The van der Waals surface area contributed by atoms with Crippen molar-refractivity contribution >= 4 is 0 Å². The van der Waals surface area contributed by atoms with Crippen LogP contribution < -0.4 is 5.32 Å². The minimum atomic E-state index is -0.189. The van der Waals surface area contributed by atoms with Gasteiger partial charge in [0.1, 0.15) is 6.67 Å². The van der Waals surface area contributed by atoms with Crippen LogP contribution in [0.1, 0.15) is 33.1 Å². The first-order valence-electron chi connectivity index (χ1n) is 5.73. The summed E-state index contributed by atoms with van der Waals surface area (Å²) in [7, 11) is 0. The normalized spacial score (nSPS) is 31.3. The van der Waals surface area contributed by atoms with Crippen molar-refractivity contribution in [2.45, 2.75) is 50.7 Å². The van der Waals surface area contributed by atoms with Crippen LogP contribution in [-0.4, -0.2) is 42.3 Å². The Morgan fingerprint density at radius 1 is 1.50 bits per heavy atom. The number of hydrogen-bond acceptors (Lipinski definition) is 2. The maximum absolute atomic E-state index is 12.7. The van der Waals surface area contributed by atoms with E-state index in [1.165, 1.54) is 6.42 Å². The molecule has 0 aromatic rings. The molecule has 1 saturated heterocycles. The average Bonchev–Trinajstić information content (AvgIpc) is 2.75. The third-order valence-electron chi connectivity index (χ3n) is 3.57. The van der Waals surface area contributed by atoms with Gasteiger partial charge >= 0.3 is 0 Å². The molecule has 3 heteroatoms. The highest BCUT2D eigenvalue weighted by Crippen LogP contribution is 2.36. The van der Waals surface area contributed by atoms with Gasteiger partial charge in [-0.3, -0.25) is 4.90 Å². The average molecular weight is 200 g/mol. The molecule has 0 amide bonds. The topological polar surface area (TPSA) is 15.3 Å². The van der Waals surface area contributed by atoms with Gasteiger partial charge in [0, 0.05) is 24.2 Å². The minimum absolute atomic E-state index is 0.113. The molecular formula is C11H21FN2. The summed E-state index contributed by atoms with van der Waals surface area (Å²) in [5, 5.41) is 3.48. The lowest BCUT2D eigenvalue weighted by Crippen LogP contribution is -2.43. The highest BCUT2D eigenvalue weighted by atomic mass is 19.1. The predicted octanol–water partition coefficient (Wildman–Crippen LogP) is 1.56. The van der Waals surface area contributed by atoms with Gasteiger partial charge in [0.15, 0.2) is 0 Å². The van der Waals surface area contributed by atoms with Crippen molar-refractivity contribution in [1.82, 2.24) is 10.2 Å². The van der Waals surface area contributed by atoms with E-state index < -0.39 is 0 Å². The van der Waals surface area contributed by atoms with E-state index in [2.05, 4.69) is 24.1 Å². The summed E-state index contributed by atoms with van der Waals surface area (Å²) in [6.45, 7) is 6.52. The molecule has 0 spiro atoms. The van der Waals surface area contributed by atoms with E-state index in [0.717, 1.165) is 25.9 Å². The molecular weight excluding hydrogens is 179 g/mol. The van der Waals surface area contributed by atoms with Crippen molar-refractivity contribution in [1.29, 1.82) is 0 Å². The Labute approximate surface area is 85.9 Å². The molecule has 0 radical (unpaired) electrons. The van der Waals surface area contributed by atoms with Crippen LogP contribution in [0.2, 0.25) is 0 Å². The van der Waals surface area contributed by atoms with Crippen molar-refractivity contribution in [2.75, 3.05) is 19.8 Å². The molecule has 2 aliphatic rings. The SMILES string of the molecule is CC(C)N1CC[C@@H](NC2(CF)CC2)C1. The molecule has 82 valence electrons. The zero-order chi connectivity index (χ0) is 10.2. The molecule has 0 aromatic carbocycles. The van der Waals surface area contributed by atoms with Crippen molar-refractivity contribution in [2.24, 2.45) is 0 Å². The zero-order valence-corrected chi connectivity index (χ0v) is 9.22. The summed E-state index contributed by atoms with van der Waals surface area (Å²) in [5.74, 6) is 0. The standard InChI is InChI=1S/C11H21FN2/c1-9(2)14-6-3-10(7-14)13-11(8-12)4-5-11/h9-10,13H,3-8H2,1-2H3/t10-/m1/s1.